The van der Waals surface area contributed by atoms with E-state index in [0.717, 1.165) is 11.6 Å². The summed E-state index contributed by atoms with van der Waals surface area (Å²) >= 11 is 0. The fraction of sp³-hybridized carbons (Fsp3) is 0.111. The van der Waals surface area contributed by atoms with Crippen LogP contribution < -0.4 is 4.74 Å². The Labute approximate surface area is 194 Å². The summed E-state index contributed by atoms with van der Waals surface area (Å²) < 4.78 is 49.9. The summed E-state index contributed by atoms with van der Waals surface area (Å²) in [6.45, 7) is 0.288. The van der Waals surface area contributed by atoms with Crippen LogP contribution in [-0.2, 0) is 12.7 Å². The third-order valence-electron chi connectivity index (χ3n) is 5.62. The second-order valence-corrected chi connectivity index (χ2v) is 7.84. The van der Waals surface area contributed by atoms with E-state index in [9.17, 15) is 13.2 Å². The average molecular weight is 459 g/mol. The molecule has 3 aromatic carbocycles. The Morgan fingerprint density at radius 2 is 1.47 bits per heavy atom. The molecule has 0 bridgehead atoms. The standard InChI is InChI=1S/C27H20F3N3O/c1-34-21-14-12-20(13-15-21)25-24-22(27(28,29)30)16-23(19-10-6-3-7-11-19)31-26(24)33(32-25)17-18-8-4-2-5-9-18/h2-16H,17H2,1H3. The van der Waals surface area contributed by atoms with Gasteiger partial charge in [-0.3, -0.25) is 0 Å². The highest BCUT2D eigenvalue weighted by Gasteiger charge is 2.36. The molecule has 0 saturated heterocycles. The first-order valence-corrected chi connectivity index (χ1v) is 10.7. The number of aromatic nitrogens is 3. The molecule has 0 spiro atoms. The molecule has 0 aliphatic rings. The molecular weight excluding hydrogens is 439 g/mol. The molecule has 0 unspecified atom stereocenters. The first kappa shape index (κ1) is 21.7. The van der Waals surface area contributed by atoms with Gasteiger partial charge in [-0.15, -0.1) is 0 Å². The van der Waals surface area contributed by atoms with Gasteiger partial charge in [-0.05, 0) is 35.9 Å². The van der Waals surface area contributed by atoms with Gasteiger partial charge in [-0.25, -0.2) is 9.67 Å². The van der Waals surface area contributed by atoms with Gasteiger partial charge in [0, 0.05) is 11.1 Å². The predicted molar refractivity (Wildman–Crippen MR) is 125 cm³/mol. The lowest BCUT2D eigenvalue weighted by Crippen LogP contribution is -2.08. The molecule has 34 heavy (non-hydrogen) atoms. The summed E-state index contributed by atoms with van der Waals surface area (Å²) in [5.74, 6) is 0.609. The molecule has 0 aliphatic carbocycles. The maximum absolute atomic E-state index is 14.4. The maximum atomic E-state index is 14.4. The lowest BCUT2D eigenvalue weighted by atomic mass is 10.0. The number of ether oxygens (including phenoxy) is 1. The quantitative estimate of drug-likeness (QED) is 0.289. The molecule has 0 saturated carbocycles. The average Bonchev–Trinajstić information content (AvgIpc) is 3.22. The summed E-state index contributed by atoms with van der Waals surface area (Å²) in [6.07, 6.45) is -4.59. The minimum absolute atomic E-state index is 0.0201. The second-order valence-electron chi connectivity index (χ2n) is 7.84. The van der Waals surface area contributed by atoms with Crippen LogP contribution in [0.25, 0.3) is 33.5 Å². The number of nitrogens with zero attached hydrogens (tertiary/aromatic N) is 3. The first-order chi connectivity index (χ1) is 16.4. The Kier molecular flexibility index (Phi) is 5.53. The van der Waals surface area contributed by atoms with Gasteiger partial charge in [0.1, 0.15) is 11.4 Å². The lowest BCUT2D eigenvalue weighted by Gasteiger charge is -2.12. The van der Waals surface area contributed by atoms with Crippen molar-refractivity contribution in [1.29, 1.82) is 0 Å². The fourth-order valence-electron chi connectivity index (χ4n) is 3.97. The van der Waals surface area contributed by atoms with Crippen molar-refractivity contribution in [2.45, 2.75) is 12.7 Å². The van der Waals surface area contributed by atoms with Crippen LogP contribution in [-0.4, -0.2) is 21.9 Å². The van der Waals surface area contributed by atoms with Gasteiger partial charge in [0.25, 0.3) is 0 Å². The molecule has 0 amide bonds. The molecular formula is C27H20F3N3O. The highest BCUT2D eigenvalue weighted by atomic mass is 19.4. The van der Waals surface area contributed by atoms with Crippen LogP contribution in [0.1, 0.15) is 11.1 Å². The Hall–Kier alpha value is -4.13. The molecule has 0 N–H and O–H groups in total. The van der Waals surface area contributed by atoms with E-state index in [2.05, 4.69) is 10.1 Å². The van der Waals surface area contributed by atoms with Gasteiger partial charge in [0.2, 0.25) is 0 Å². The van der Waals surface area contributed by atoms with Crippen LogP contribution in [0.3, 0.4) is 0 Å². The number of halogens is 3. The summed E-state index contributed by atoms with van der Waals surface area (Å²) in [5.41, 5.74) is 1.97. The van der Waals surface area contributed by atoms with Crippen LogP contribution in [0.2, 0.25) is 0 Å². The zero-order valence-corrected chi connectivity index (χ0v) is 18.3. The van der Waals surface area contributed by atoms with Crippen molar-refractivity contribution < 1.29 is 17.9 Å². The third kappa shape index (κ3) is 4.12. The Bertz CT molecular complexity index is 1430. The lowest BCUT2D eigenvalue weighted by molar-refractivity contribution is -0.136. The van der Waals surface area contributed by atoms with Gasteiger partial charge >= 0.3 is 6.18 Å². The number of rotatable bonds is 5. The molecule has 7 heteroatoms. The van der Waals surface area contributed by atoms with Gasteiger partial charge in [0.05, 0.1) is 30.3 Å². The molecule has 0 aliphatic heterocycles. The Balaban J connectivity index is 1.80. The van der Waals surface area contributed by atoms with E-state index < -0.39 is 11.7 Å². The molecule has 4 nitrogen and oxygen atoms in total. The Morgan fingerprint density at radius 3 is 2.09 bits per heavy atom. The van der Waals surface area contributed by atoms with Crippen molar-refractivity contribution in [3.63, 3.8) is 0 Å². The SMILES string of the molecule is COc1ccc(-c2nn(Cc3ccccc3)c3nc(-c4ccccc4)cc(C(F)(F)F)c23)cc1. The summed E-state index contributed by atoms with van der Waals surface area (Å²) in [5, 5.41) is 4.61. The second kappa shape index (κ2) is 8.67. The number of hydrogen-bond acceptors (Lipinski definition) is 3. The third-order valence-corrected chi connectivity index (χ3v) is 5.62. The number of fused-ring (bicyclic) bond motifs is 1. The smallest absolute Gasteiger partial charge is 0.417 e. The maximum Gasteiger partial charge on any atom is 0.417 e. The minimum atomic E-state index is -4.59. The van der Waals surface area contributed by atoms with Gasteiger partial charge < -0.3 is 4.74 Å². The summed E-state index contributed by atoms with van der Waals surface area (Å²) in [4.78, 5) is 4.67. The summed E-state index contributed by atoms with van der Waals surface area (Å²) in [7, 11) is 1.54. The van der Waals surface area contributed by atoms with Crippen LogP contribution in [0.15, 0.2) is 91.0 Å². The van der Waals surface area contributed by atoms with Gasteiger partial charge in [-0.1, -0.05) is 60.7 Å². The van der Waals surface area contributed by atoms with E-state index in [0.29, 0.717) is 16.9 Å². The minimum Gasteiger partial charge on any atom is -0.497 e. The molecule has 170 valence electrons. The zero-order chi connectivity index (χ0) is 23.7. The Morgan fingerprint density at radius 1 is 0.824 bits per heavy atom. The first-order valence-electron chi connectivity index (χ1n) is 10.7. The van der Waals surface area contributed by atoms with Crippen molar-refractivity contribution in [2.75, 3.05) is 7.11 Å². The number of benzene rings is 3. The van der Waals surface area contributed by atoms with Crippen molar-refractivity contribution in [3.05, 3.63) is 102 Å². The van der Waals surface area contributed by atoms with E-state index in [4.69, 9.17) is 4.74 Å². The molecule has 5 rings (SSSR count). The normalized spacial score (nSPS) is 11.6. The molecule has 0 atom stereocenters. The van der Waals surface area contributed by atoms with E-state index in [1.54, 1.807) is 53.2 Å². The van der Waals surface area contributed by atoms with E-state index in [1.807, 2.05) is 36.4 Å². The largest absolute Gasteiger partial charge is 0.497 e. The molecule has 5 aromatic rings. The van der Waals surface area contributed by atoms with E-state index >= 15 is 0 Å². The highest BCUT2D eigenvalue weighted by Crippen LogP contribution is 2.41. The number of pyridine rings is 1. The monoisotopic (exact) mass is 459 g/mol. The number of methoxy groups -OCH3 is 1. The van der Waals surface area contributed by atoms with E-state index in [-0.39, 0.29) is 29.0 Å². The van der Waals surface area contributed by atoms with Crippen LogP contribution in [0.4, 0.5) is 13.2 Å². The molecule has 2 aromatic heterocycles. The number of alkyl halides is 3. The molecule has 0 radical (unpaired) electrons. The zero-order valence-electron chi connectivity index (χ0n) is 18.3. The van der Waals surface area contributed by atoms with Crippen LogP contribution >= 0.6 is 0 Å². The molecule has 0 fully saturated rings. The fourth-order valence-corrected chi connectivity index (χ4v) is 3.97. The van der Waals surface area contributed by atoms with Gasteiger partial charge in [0.15, 0.2) is 5.65 Å². The van der Waals surface area contributed by atoms with Crippen LogP contribution in [0, 0.1) is 0 Å². The van der Waals surface area contributed by atoms with Gasteiger partial charge in [-0.2, -0.15) is 18.3 Å². The van der Waals surface area contributed by atoms with Crippen molar-refractivity contribution in [3.8, 4) is 28.3 Å². The van der Waals surface area contributed by atoms with Crippen LogP contribution in [0.5, 0.6) is 5.75 Å². The predicted octanol–water partition coefficient (Wildman–Crippen LogP) is 6.84. The topological polar surface area (TPSA) is 39.9 Å². The highest BCUT2D eigenvalue weighted by molar-refractivity contribution is 5.96. The molecule has 2 heterocycles. The van der Waals surface area contributed by atoms with Crippen molar-refractivity contribution >= 4 is 11.0 Å². The number of hydrogen-bond donors (Lipinski definition) is 0. The van der Waals surface area contributed by atoms with E-state index in [1.165, 1.54) is 7.11 Å². The van der Waals surface area contributed by atoms with Crippen molar-refractivity contribution in [1.82, 2.24) is 14.8 Å². The summed E-state index contributed by atoms with van der Waals surface area (Å²) in [6, 6.07) is 26.3. The van der Waals surface area contributed by atoms with Crippen molar-refractivity contribution in [2.24, 2.45) is 0 Å².